The third-order valence-electron chi connectivity index (χ3n) is 10.1. The Hall–Kier alpha value is -2.72. The molecule has 12 nitrogen and oxygen atoms in total. The maximum absolute atomic E-state index is 14.9. The molecule has 1 spiro atoms. The molecule has 1 amide bonds. The molecule has 1 aromatic heterocycles. The van der Waals surface area contributed by atoms with Crippen LogP contribution < -0.4 is 15.0 Å². The highest BCUT2D eigenvalue weighted by molar-refractivity contribution is 6.30. The molecule has 0 radical (unpaired) electrons. The Labute approximate surface area is 277 Å². The standard InChI is InChI=1S/C32H44ClF2N5O7/c33-21-13-37-31(38-14-21)39-6-4-32(5-7-39)3-1-20(32)2-8-47-22-9-24(34)23(25(35)10-22)11-28(44)40-16-19(17-40)12-36-15-26(42)29(45)30(46)27(43)18-41/h9-10,13-14,19-20,26-27,29-30,36,41-43,45-46H,1-8,11-12,15-18H2/t20?,26-,27+,29+,30+/m0/s1. The van der Waals surface area contributed by atoms with E-state index >= 15 is 0 Å². The lowest BCUT2D eigenvalue weighted by Crippen LogP contribution is -2.55. The Morgan fingerprint density at radius 2 is 1.68 bits per heavy atom. The predicted molar refractivity (Wildman–Crippen MR) is 168 cm³/mol. The maximum atomic E-state index is 14.9. The van der Waals surface area contributed by atoms with Crippen LogP contribution in [0, 0.1) is 28.9 Å². The third kappa shape index (κ3) is 8.48. The van der Waals surface area contributed by atoms with Gasteiger partial charge in [0.2, 0.25) is 11.9 Å². The smallest absolute Gasteiger partial charge is 0.227 e. The van der Waals surface area contributed by atoms with Gasteiger partial charge in [-0.2, -0.15) is 0 Å². The average Bonchev–Trinajstić information content (AvgIpc) is 3.04. The molecule has 3 fully saturated rings. The Bertz CT molecular complexity index is 1320. The SMILES string of the molecule is O=C(Cc1c(F)cc(OCCC2CCC23CCN(c2ncc(Cl)cn2)CC3)cc1F)N1CC(CNC[C@H](O)[C@@H](O)[C@H](O)[C@H](O)CO)C1. The fourth-order valence-corrected chi connectivity index (χ4v) is 7.02. The van der Waals surface area contributed by atoms with Crippen molar-refractivity contribution in [1.29, 1.82) is 0 Å². The first-order chi connectivity index (χ1) is 22.5. The summed E-state index contributed by atoms with van der Waals surface area (Å²) in [7, 11) is 0. The number of rotatable bonds is 15. The first kappa shape index (κ1) is 35.6. The van der Waals surface area contributed by atoms with Crippen molar-refractivity contribution in [3.8, 4) is 5.75 Å². The van der Waals surface area contributed by atoms with E-state index in [9.17, 15) is 34.0 Å². The molecule has 1 aromatic carbocycles. The van der Waals surface area contributed by atoms with Crippen LogP contribution in [0.2, 0.25) is 5.02 Å². The Kier molecular flexibility index (Phi) is 11.9. The summed E-state index contributed by atoms with van der Waals surface area (Å²) in [6.45, 7) is 2.33. The molecule has 1 saturated carbocycles. The van der Waals surface area contributed by atoms with Gasteiger partial charge in [0.15, 0.2) is 0 Å². The van der Waals surface area contributed by atoms with Gasteiger partial charge in [-0.1, -0.05) is 11.6 Å². The van der Waals surface area contributed by atoms with E-state index in [0.717, 1.165) is 57.3 Å². The van der Waals surface area contributed by atoms with E-state index in [0.29, 0.717) is 43.1 Å². The minimum atomic E-state index is -1.71. The van der Waals surface area contributed by atoms with Gasteiger partial charge in [0.25, 0.3) is 0 Å². The lowest BCUT2D eigenvalue weighted by molar-refractivity contribution is -0.136. The van der Waals surface area contributed by atoms with E-state index < -0.39 is 55.0 Å². The second kappa shape index (κ2) is 15.7. The van der Waals surface area contributed by atoms with Gasteiger partial charge in [0, 0.05) is 62.9 Å². The summed E-state index contributed by atoms with van der Waals surface area (Å²) in [5.74, 6) is -0.773. The largest absolute Gasteiger partial charge is 0.493 e. The van der Waals surface area contributed by atoms with Crippen LogP contribution in [0.4, 0.5) is 14.7 Å². The number of aliphatic hydroxyl groups excluding tert-OH is 5. The molecular formula is C32H44ClF2N5O7. The van der Waals surface area contributed by atoms with Gasteiger partial charge in [-0.3, -0.25) is 4.79 Å². The highest BCUT2D eigenvalue weighted by Gasteiger charge is 2.48. The average molecular weight is 684 g/mol. The summed E-state index contributed by atoms with van der Waals surface area (Å²) in [4.78, 5) is 25.0. The highest BCUT2D eigenvalue weighted by Crippen LogP contribution is 2.55. The van der Waals surface area contributed by atoms with E-state index in [2.05, 4.69) is 20.2 Å². The number of carbonyl (C=O) groups excluding carboxylic acids is 1. The molecule has 0 bridgehead atoms. The number of halogens is 3. The third-order valence-corrected chi connectivity index (χ3v) is 10.3. The van der Waals surface area contributed by atoms with Gasteiger partial charge in [-0.15, -0.1) is 0 Å². The normalized spacial score (nSPS) is 21.9. The zero-order chi connectivity index (χ0) is 33.7. The number of hydrogen-bond acceptors (Lipinski definition) is 11. The van der Waals surface area contributed by atoms with Crippen LogP contribution in [-0.2, 0) is 11.2 Å². The number of carbonyl (C=O) groups is 1. The number of aliphatic hydroxyl groups is 5. The lowest BCUT2D eigenvalue weighted by atomic mass is 9.55. The van der Waals surface area contributed by atoms with Gasteiger partial charge < -0.3 is 45.4 Å². The maximum Gasteiger partial charge on any atom is 0.227 e. The molecule has 5 rings (SSSR count). The Morgan fingerprint density at radius 3 is 2.28 bits per heavy atom. The van der Waals surface area contributed by atoms with E-state index in [4.69, 9.17) is 21.4 Å². The Morgan fingerprint density at radius 1 is 1.04 bits per heavy atom. The van der Waals surface area contributed by atoms with Crippen molar-refractivity contribution in [3.63, 3.8) is 0 Å². The van der Waals surface area contributed by atoms with E-state index in [1.807, 2.05) is 0 Å². The number of amides is 1. The van der Waals surface area contributed by atoms with Crippen LogP contribution in [0.25, 0.3) is 0 Å². The van der Waals surface area contributed by atoms with Gasteiger partial charge in [0.05, 0.1) is 43.2 Å². The first-order valence-corrected chi connectivity index (χ1v) is 16.5. The lowest BCUT2D eigenvalue weighted by Gasteiger charge is -2.54. The molecular weight excluding hydrogens is 640 g/mol. The van der Waals surface area contributed by atoms with Gasteiger partial charge in [0.1, 0.15) is 35.7 Å². The summed E-state index contributed by atoms with van der Waals surface area (Å²) in [5, 5.41) is 51.2. The molecule has 1 unspecified atom stereocenters. The second-order valence-corrected chi connectivity index (χ2v) is 13.5. The van der Waals surface area contributed by atoms with Crippen molar-refractivity contribution in [2.24, 2.45) is 17.3 Å². The number of hydrogen-bond donors (Lipinski definition) is 6. The van der Waals surface area contributed by atoms with Crippen molar-refractivity contribution in [2.75, 3.05) is 57.4 Å². The quantitative estimate of drug-likeness (QED) is 0.158. The highest BCUT2D eigenvalue weighted by atomic mass is 35.5. The fourth-order valence-electron chi connectivity index (χ4n) is 6.92. The van der Waals surface area contributed by atoms with Gasteiger partial charge in [-0.05, 0) is 43.4 Å². The summed E-state index contributed by atoms with van der Waals surface area (Å²) >= 11 is 5.91. The number of nitrogens with zero attached hydrogens (tertiary/aromatic N) is 4. The number of nitrogens with one attached hydrogen (secondary N) is 1. The number of ether oxygens (including phenoxy) is 1. The molecule has 2 saturated heterocycles. The molecule has 3 heterocycles. The topological polar surface area (TPSA) is 172 Å². The number of aromatic nitrogens is 2. The fraction of sp³-hybridized carbons (Fsp3) is 0.656. The van der Waals surface area contributed by atoms with Gasteiger partial charge >= 0.3 is 0 Å². The molecule has 15 heteroatoms. The molecule has 5 atom stereocenters. The van der Waals surface area contributed by atoms with Crippen LogP contribution in [0.3, 0.4) is 0 Å². The minimum absolute atomic E-state index is 0.0292. The van der Waals surface area contributed by atoms with Crippen LogP contribution in [0.15, 0.2) is 24.5 Å². The molecule has 2 aromatic rings. The number of anilines is 1. The van der Waals surface area contributed by atoms with E-state index in [-0.39, 0.29) is 29.2 Å². The number of benzene rings is 1. The zero-order valence-electron chi connectivity index (χ0n) is 26.1. The molecule has 1 aliphatic carbocycles. The van der Waals surface area contributed by atoms with Crippen molar-refractivity contribution < 1.29 is 43.8 Å². The van der Waals surface area contributed by atoms with E-state index in [1.54, 1.807) is 12.4 Å². The number of likely N-dealkylation sites (tertiary alicyclic amines) is 1. The van der Waals surface area contributed by atoms with Crippen LogP contribution >= 0.6 is 11.6 Å². The van der Waals surface area contributed by atoms with Crippen LogP contribution in [-0.4, -0.2) is 123 Å². The second-order valence-electron chi connectivity index (χ2n) is 13.1. The van der Waals surface area contributed by atoms with Crippen LogP contribution in [0.1, 0.15) is 37.7 Å². The van der Waals surface area contributed by atoms with Crippen LogP contribution in [0.5, 0.6) is 5.75 Å². The summed E-state index contributed by atoms with van der Waals surface area (Å²) in [6.07, 6.45) is 1.55. The van der Waals surface area contributed by atoms with E-state index in [1.165, 1.54) is 4.90 Å². The van der Waals surface area contributed by atoms with Crippen molar-refractivity contribution >= 4 is 23.5 Å². The predicted octanol–water partition coefficient (Wildman–Crippen LogP) is 0.900. The van der Waals surface area contributed by atoms with Crippen molar-refractivity contribution in [2.45, 2.75) is 62.9 Å². The summed E-state index contributed by atoms with van der Waals surface area (Å²) in [6, 6.07) is 2.26. The molecule has 6 N–H and O–H groups in total. The van der Waals surface area contributed by atoms with Crippen molar-refractivity contribution in [1.82, 2.24) is 20.2 Å². The zero-order valence-corrected chi connectivity index (χ0v) is 26.9. The molecule has 3 aliphatic rings. The molecule has 47 heavy (non-hydrogen) atoms. The Balaban J connectivity index is 1.00. The molecule has 2 aliphatic heterocycles. The van der Waals surface area contributed by atoms with Gasteiger partial charge in [-0.25, -0.2) is 18.7 Å². The summed E-state index contributed by atoms with van der Waals surface area (Å²) in [5.41, 5.74) is -0.0591. The van der Waals surface area contributed by atoms with Crippen molar-refractivity contribution in [3.05, 3.63) is 46.7 Å². The monoisotopic (exact) mass is 683 g/mol. The minimum Gasteiger partial charge on any atom is -0.493 e. The first-order valence-electron chi connectivity index (χ1n) is 16.1. The number of piperidine rings is 1. The molecule has 260 valence electrons. The summed E-state index contributed by atoms with van der Waals surface area (Å²) < 4.78 is 35.6.